The van der Waals surface area contributed by atoms with Crippen molar-refractivity contribution >= 4 is 40.5 Å². The number of rotatable bonds is 5. The van der Waals surface area contributed by atoms with Crippen LogP contribution in [0.15, 0.2) is 48.5 Å². The largest absolute Gasteiger partial charge is 0.478 e. The highest BCUT2D eigenvalue weighted by atomic mass is 35.5. The molecule has 1 aliphatic heterocycles. The summed E-state index contributed by atoms with van der Waals surface area (Å²) in [4.78, 5) is 31.8. The van der Waals surface area contributed by atoms with Crippen LogP contribution in [0.1, 0.15) is 38.6 Å². The first kappa shape index (κ1) is 21.3. The minimum absolute atomic E-state index is 0.0326. The van der Waals surface area contributed by atoms with Gasteiger partial charge in [0.2, 0.25) is 0 Å². The van der Waals surface area contributed by atoms with Crippen LogP contribution in [0.4, 0.5) is 5.69 Å². The quantitative estimate of drug-likeness (QED) is 0.573. The number of aromatic carboxylic acids is 1. The number of benzene rings is 2. The van der Waals surface area contributed by atoms with E-state index in [9.17, 15) is 14.7 Å². The molecular weight excluding hydrogens is 434 g/mol. The number of carboxylic acids is 1. The number of halogens is 1. The lowest BCUT2D eigenvalue weighted by atomic mass is 10.0. The topological polar surface area (TPSA) is 82.5 Å². The van der Waals surface area contributed by atoms with Crippen LogP contribution in [-0.2, 0) is 0 Å². The molecule has 4 rings (SSSR count). The van der Waals surface area contributed by atoms with E-state index in [1.807, 2.05) is 37.3 Å². The van der Waals surface area contributed by atoms with Crippen molar-refractivity contribution < 1.29 is 14.7 Å². The summed E-state index contributed by atoms with van der Waals surface area (Å²) in [5.74, 6) is -1.13. The van der Waals surface area contributed by atoms with Crippen LogP contribution in [0.5, 0.6) is 0 Å². The molecule has 0 radical (unpaired) electrons. The highest BCUT2D eigenvalue weighted by molar-refractivity contribution is 7.15. The summed E-state index contributed by atoms with van der Waals surface area (Å²) in [5, 5.41) is 13.8. The molecule has 0 spiro atoms. The highest BCUT2D eigenvalue weighted by Gasteiger charge is 2.25. The van der Waals surface area contributed by atoms with Crippen molar-refractivity contribution in [1.82, 2.24) is 10.3 Å². The van der Waals surface area contributed by atoms with E-state index >= 15 is 0 Å². The number of aromatic nitrogens is 1. The molecule has 1 amide bonds. The summed E-state index contributed by atoms with van der Waals surface area (Å²) in [6.45, 7) is 3.35. The number of nitrogens with zero attached hydrogens (tertiary/aromatic N) is 2. The van der Waals surface area contributed by atoms with E-state index in [1.165, 1.54) is 11.3 Å². The fourth-order valence-corrected chi connectivity index (χ4v) is 4.78. The summed E-state index contributed by atoms with van der Waals surface area (Å²) in [6, 6.07) is 14.3. The Bertz CT molecular complexity index is 1110. The molecule has 2 aromatic carbocycles. The molecule has 1 saturated heterocycles. The summed E-state index contributed by atoms with van der Waals surface area (Å²) in [6.07, 6.45) is 1.78. The van der Waals surface area contributed by atoms with Crippen LogP contribution in [0.3, 0.4) is 0 Å². The van der Waals surface area contributed by atoms with Crippen LogP contribution < -0.4 is 10.2 Å². The van der Waals surface area contributed by atoms with Gasteiger partial charge >= 0.3 is 5.97 Å². The van der Waals surface area contributed by atoms with Crippen LogP contribution in [0.25, 0.3) is 10.6 Å². The molecule has 2 heterocycles. The van der Waals surface area contributed by atoms with Gasteiger partial charge in [-0.15, -0.1) is 11.3 Å². The number of aryl methyl sites for hydroxylation is 1. The minimum Gasteiger partial charge on any atom is -0.478 e. The first-order chi connectivity index (χ1) is 14.9. The Kier molecular flexibility index (Phi) is 6.25. The zero-order valence-electron chi connectivity index (χ0n) is 17.0. The van der Waals surface area contributed by atoms with Crippen molar-refractivity contribution in [3.63, 3.8) is 0 Å². The number of hydrogen-bond donors (Lipinski definition) is 2. The van der Waals surface area contributed by atoms with Gasteiger partial charge in [0.15, 0.2) is 0 Å². The summed E-state index contributed by atoms with van der Waals surface area (Å²) in [7, 11) is 0. The van der Waals surface area contributed by atoms with Crippen molar-refractivity contribution in [3.8, 4) is 10.6 Å². The van der Waals surface area contributed by atoms with E-state index in [2.05, 4.69) is 15.2 Å². The predicted octanol–water partition coefficient (Wildman–Crippen LogP) is 4.87. The van der Waals surface area contributed by atoms with Gasteiger partial charge in [-0.1, -0.05) is 29.8 Å². The van der Waals surface area contributed by atoms with Crippen molar-refractivity contribution in [1.29, 1.82) is 0 Å². The van der Waals surface area contributed by atoms with E-state index < -0.39 is 5.97 Å². The lowest BCUT2D eigenvalue weighted by molar-refractivity contribution is 0.0696. The molecule has 1 fully saturated rings. The zero-order valence-corrected chi connectivity index (χ0v) is 18.5. The Labute approximate surface area is 189 Å². The number of carbonyl (C=O) groups is 2. The third kappa shape index (κ3) is 4.89. The SMILES string of the molecule is Cc1sc(-c2ccc(Cl)cc2)nc1C(=O)N[C@H]1CCCN(c2cccc(C(=O)O)c2)C1. The van der Waals surface area contributed by atoms with Crippen molar-refractivity contribution in [2.75, 3.05) is 18.0 Å². The maximum Gasteiger partial charge on any atom is 0.335 e. The number of carboxylic acid groups (broad SMARTS) is 1. The summed E-state index contributed by atoms with van der Waals surface area (Å²) in [5.41, 5.74) is 2.49. The van der Waals surface area contributed by atoms with Crippen molar-refractivity contribution in [2.24, 2.45) is 0 Å². The van der Waals surface area contributed by atoms with Gasteiger partial charge in [0.1, 0.15) is 10.7 Å². The lowest BCUT2D eigenvalue weighted by Crippen LogP contribution is -2.48. The molecule has 1 aromatic heterocycles. The second kappa shape index (κ2) is 9.08. The van der Waals surface area contributed by atoms with E-state index in [-0.39, 0.29) is 17.5 Å². The number of piperidine rings is 1. The first-order valence-electron chi connectivity index (χ1n) is 10.0. The van der Waals surface area contributed by atoms with Gasteiger partial charge < -0.3 is 15.3 Å². The van der Waals surface area contributed by atoms with Gasteiger partial charge in [0.05, 0.1) is 5.56 Å². The molecule has 0 bridgehead atoms. The molecular formula is C23H22ClN3O3S. The van der Waals surface area contributed by atoms with Gasteiger partial charge in [-0.05, 0) is 50.1 Å². The first-order valence-corrected chi connectivity index (χ1v) is 11.2. The molecule has 3 aromatic rings. The monoisotopic (exact) mass is 455 g/mol. The second-order valence-electron chi connectivity index (χ2n) is 7.54. The molecule has 160 valence electrons. The zero-order chi connectivity index (χ0) is 22.0. The van der Waals surface area contributed by atoms with E-state index in [0.29, 0.717) is 17.3 Å². The Morgan fingerprint density at radius 1 is 1.23 bits per heavy atom. The number of amides is 1. The number of hydrogen-bond acceptors (Lipinski definition) is 5. The molecule has 8 heteroatoms. The van der Waals surface area contributed by atoms with E-state index in [0.717, 1.165) is 40.5 Å². The Morgan fingerprint density at radius 3 is 2.74 bits per heavy atom. The fraction of sp³-hybridized carbons (Fsp3) is 0.261. The van der Waals surface area contributed by atoms with E-state index in [4.69, 9.17) is 11.6 Å². The second-order valence-corrected chi connectivity index (χ2v) is 9.18. The number of thiazole rings is 1. The average molecular weight is 456 g/mol. The summed E-state index contributed by atoms with van der Waals surface area (Å²) >= 11 is 7.44. The minimum atomic E-state index is -0.945. The molecule has 6 nitrogen and oxygen atoms in total. The molecule has 31 heavy (non-hydrogen) atoms. The van der Waals surface area contributed by atoms with Gasteiger partial charge in [-0.25, -0.2) is 9.78 Å². The van der Waals surface area contributed by atoms with Gasteiger partial charge in [-0.2, -0.15) is 0 Å². The van der Waals surface area contributed by atoms with Crippen LogP contribution in [0.2, 0.25) is 5.02 Å². The fourth-order valence-electron chi connectivity index (χ4n) is 3.74. The molecule has 1 aliphatic rings. The lowest BCUT2D eigenvalue weighted by Gasteiger charge is -2.34. The summed E-state index contributed by atoms with van der Waals surface area (Å²) < 4.78 is 0. The molecule has 0 aliphatic carbocycles. The normalized spacial score (nSPS) is 16.2. The Hall–Kier alpha value is -2.90. The molecule has 0 unspecified atom stereocenters. The van der Waals surface area contributed by atoms with Crippen LogP contribution in [-0.4, -0.2) is 41.1 Å². The maximum absolute atomic E-state index is 12.9. The third-order valence-electron chi connectivity index (χ3n) is 5.32. The van der Waals surface area contributed by atoms with Crippen LogP contribution in [0, 0.1) is 6.92 Å². The van der Waals surface area contributed by atoms with Crippen molar-refractivity contribution in [2.45, 2.75) is 25.8 Å². The smallest absolute Gasteiger partial charge is 0.335 e. The predicted molar refractivity (Wildman–Crippen MR) is 123 cm³/mol. The number of nitrogens with one attached hydrogen (secondary N) is 1. The average Bonchev–Trinajstić information content (AvgIpc) is 3.16. The van der Waals surface area contributed by atoms with Gasteiger partial charge in [0.25, 0.3) is 5.91 Å². The third-order valence-corrected chi connectivity index (χ3v) is 6.59. The van der Waals surface area contributed by atoms with E-state index in [1.54, 1.807) is 18.2 Å². The van der Waals surface area contributed by atoms with Crippen molar-refractivity contribution in [3.05, 3.63) is 69.7 Å². The van der Waals surface area contributed by atoms with Crippen LogP contribution >= 0.6 is 22.9 Å². The Morgan fingerprint density at radius 2 is 2.00 bits per heavy atom. The van der Waals surface area contributed by atoms with Gasteiger partial charge in [0, 0.05) is 40.3 Å². The standard InChI is InChI=1S/C23H22ClN3O3S/c1-14-20(26-22(31-14)15-7-9-17(24)10-8-15)21(28)25-18-5-3-11-27(13-18)19-6-2-4-16(12-19)23(29)30/h2,4,6-10,12,18H,3,5,11,13H2,1H3,(H,25,28)(H,29,30)/t18-/m0/s1. The maximum atomic E-state index is 12.9. The highest BCUT2D eigenvalue weighted by Crippen LogP contribution is 2.29. The molecule has 2 N–H and O–H groups in total. The van der Waals surface area contributed by atoms with Gasteiger partial charge in [-0.3, -0.25) is 4.79 Å². The number of carbonyl (C=O) groups excluding carboxylic acids is 1. The molecule has 1 atom stereocenters. The Balaban J connectivity index is 1.45. The molecule has 0 saturated carbocycles. The number of anilines is 1.